The lowest BCUT2D eigenvalue weighted by Gasteiger charge is -2.14. The summed E-state index contributed by atoms with van der Waals surface area (Å²) in [7, 11) is 3.19. The van der Waals surface area contributed by atoms with Crippen molar-refractivity contribution in [2.75, 3.05) is 26.6 Å². The Bertz CT molecular complexity index is 591. The summed E-state index contributed by atoms with van der Waals surface area (Å²) < 4.78 is 12.0. The van der Waals surface area contributed by atoms with Gasteiger partial charge in [0.25, 0.3) is 5.56 Å². The van der Waals surface area contributed by atoms with E-state index < -0.39 is 0 Å². The first kappa shape index (κ1) is 12.5. The van der Waals surface area contributed by atoms with Gasteiger partial charge in [-0.05, 0) is 0 Å². The number of nitrogens with two attached hydrogens (primary N) is 1. The zero-order valence-electron chi connectivity index (χ0n) is 10.2. The van der Waals surface area contributed by atoms with E-state index in [1.807, 2.05) is 0 Å². The molecule has 98 valence electrons. The summed E-state index contributed by atoms with van der Waals surface area (Å²) in [6, 6.07) is 0. The van der Waals surface area contributed by atoms with E-state index in [-0.39, 0.29) is 23.1 Å². The van der Waals surface area contributed by atoms with Crippen LogP contribution in [-0.4, -0.2) is 46.4 Å². The predicted molar refractivity (Wildman–Crippen MR) is 65.2 cm³/mol. The van der Waals surface area contributed by atoms with Crippen molar-refractivity contribution in [2.45, 2.75) is 12.6 Å². The molecule has 2 aromatic heterocycles. The van der Waals surface area contributed by atoms with Crippen molar-refractivity contribution < 1.29 is 9.47 Å². The van der Waals surface area contributed by atoms with E-state index in [2.05, 4.69) is 15.0 Å². The molecule has 0 fully saturated rings. The van der Waals surface area contributed by atoms with Gasteiger partial charge in [0, 0.05) is 14.2 Å². The van der Waals surface area contributed by atoms with Crippen LogP contribution in [0.5, 0.6) is 0 Å². The number of aromatic amines is 1. The highest BCUT2D eigenvalue weighted by Crippen LogP contribution is 2.08. The Morgan fingerprint density at radius 2 is 2.33 bits per heavy atom. The molecule has 1 atom stereocenters. The minimum absolute atomic E-state index is 0.0648. The van der Waals surface area contributed by atoms with Crippen LogP contribution in [0.1, 0.15) is 0 Å². The molecule has 0 radical (unpaired) electrons. The second-order valence-corrected chi connectivity index (χ2v) is 3.83. The maximum absolute atomic E-state index is 11.6. The fraction of sp³-hybridized carbons (Fsp3) is 0.500. The SMILES string of the molecule is COC[C@H](Cn1cnc2c(=O)[nH]c(N)nc21)OC. The molecular formula is C10H15N5O3. The van der Waals surface area contributed by atoms with Gasteiger partial charge in [0.2, 0.25) is 5.95 Å². The van der Waals surface area contributed by atoms with Crippen LogP contribution >= 0.6 is 0 Å². The number of fused-ring (bicyclic) bond motifs is 1. The number of nitrogens with zero attached hydrogens (tertiary/aromatic N) is 3. The van der Waals surface area contributed by atoms with Crippen LogP contribution in [0.2, 0.25) is 0 Å². The van der Waals surface area contributed by atoms with Gasteiger partial charge in [-0.1, -0.05) is 0 Å². The molecule has 0 amide bonds. The fourth-order valence-corrected chi connectivity index (χ4v) is 1.70. The summed E-state index contributed by atoms with van der Waals surface area (Å²) in [4.78, 5) is 22.1. The molecule has 8 nitrogen and oxygen atoms in total. The first-order valence-corrected chi connectivity index (χ1v) is 5.38. The molecule has 0 aromatic carbocycles. The van der Waals surface area contributed by atoms with E-state index in [1.165, 1.54) is 6.33 Å². The topological polar surface area (TPSA) is 108 Å². The van der Waals surface area contributed by atoms with Crippen molar-refractivity contribution in [1.82, 2.24) is 19.5 Å². The summed E-state index contributed by atoms with van der Waals surface area (Å²) in [5.74, 6) is 0.0648. The summed E-state index contributed by atoms with van der Waals surface area (Å²) in [6.45, 7) is 0.922. The third-order valence-corrected chi connectivity index (χ3v) is 2.58. The minimum Gasteiger partial charge on any atom is -0.382 e. The first-order valence-electron chi connectivity index (χ1n) is 5.38. The van der Waals surface area contributed by atoms with Crippen LogP contribution in [0.15, 0.2) is 11.1 Å². The molecule has 18 heavy (non-hydrogen) atoms. The number of aromatic nitrogens is 4. The fourth-order valence-electron chi connectivity index (χ4n) is 1.70. The van der Waals surface area contributed by atoms with Gasteiger partial charge < -0.3 is 19.8 Å². The van der Waals surface area contributed by atoms with Gasteiger partial charge in [-0.25, -0.2) is 4.98 Å². The molecule has 2 aromatic rings. The zero-order valence-corrected chi connectivity index (χ0v) is 10.2. The Morgan fingerprint density at radius 3 is 3.00 bits per heavy atom. The van der Waals surface area contributed by atoms with E-state index in [0.717, 1.165) is 0 Å². The minimum atomic E-state index is -0.350. The lowest BCUT2D eigenvalue weighted by Crippen LogP contribution is -2.24. The van der Waals surface area contributed by atoms with Crippen LogP contribution in [-0.2, 0) is 16.0 Å². The molecule has 8 heteroatoms. The monoisotopic (exact) mass is 253 g/mol. The quantitative estimate of drug-likeness (QED) is 0.734. The van der Waals surface area contributed by atoms with Crippen LogP contribution in [0.25, 0.3) is 11.2 Å². The number of nitrogen functional groups attached to an aromatic ring is 1. The molecule has 0 unspecified atom stereocenters. The highest BCUT2D eigenvalue weighted by molar-refractivity contribution is 5.70. The summed E-state index contributed by atoms with van der Waals surface area (Å²) >= 11 is 0. The number of ether oxygens (including phenoxy) is 2. The molecule has 0 aliphatic rings. The van der Waals surface area contributed by atoms with E-state index in [4.69, 9.17) is 15.2 Å². The Hall–Kier alpha value is -1.93. The lowest BCUT2D eigenvalue weighted by atomic mass is 10.3. The van der Waals surface area contributed by atoms with E-state index in [0.29, 0.717) is 18.8 Å². The van der Waals surface area contributed by atoms with Crippen molar-refractivity contribution in [3.63, 3.8) is 0 Å². The van der Waals surface area contributed by atoms with Crippen LogP contribution < -0.4 is 11.3 Å². The molecule has 0 bridgehead atoms. The average molecular weight is 253 g/mol. The van der Waals surface area contributed by atoms with E-state index in [1.54, 1.807) is 18.8 Å². The number of hydrogen-bond donors (Lipinski definition) is 2. The average Bonchev–Trinajstić information content (AvgIpc) is 2.72. The Morgan fingerprint density at radius 1 is 1.56 bits per heavy atom. The third-order valence-electron chi connectivity index (χ3n) is 2.58. The maximum Gasteiger partial charge on any atom is 0.280 e. The Kier molecular flexibility index (Phi) is 3.58. The molecule has 2 heterocycles. The van der Waals surface area contributed by atoms with Gasteiger partial charge in [-0.3, -0.25) is 9.78 Å². The number of methoxy groups -OCH3 is 2. The van der Waals surface area contributed by atoms with Crippen molar-refractivity contribution in [2.24, 2.45) is 0 Å². The summed E-state index contributed by atoms with van der Waals surface area (Å²) in [5, 5.41) is 0. The van der Waals surface area contributed by atoms with Crippen molar-refractivity contribution in [3.8, 4) is 0 Å². The smallest absolute Gasteiger partial charge is 0.280 e. The van der Waals surface area contributed by atoms with Crippen LogP contribution in [0, 0.1) is 0 Å². The molecular weight excluding hydrogens is 238 g/mol. The maximum atomic E-state index is 11.6. The second kappa shape index (κ2) is 5.15. The molecule has 0 aliphatic heterocycles. The second-order valence-electron chi connectivity index (χ2n) is 3.83. The van der Waals surface area contributed by atoms with E-state index >= 15 is 0 Å². The largest absolute Gasteiger partial charge is 0.382 e. The van der Waals surface area contributed by atoms with Gasteiger partial charge in [0.15, 0.2) is 11.2 Å². The van der Waals surface area contributed by atoms with Gasteiger partial charge in [0.05, 0.1) is 25.6 Å². The number of imidazole rings is 1. The number of anilines is 1. The molecule has 0 spiro atoms. The van der Waals surface area contributed by atoms with Crippen LogP contribution in [0.4, 0.5) is 5.95 Å². The molecule has 3 N–H and O–H groups in total. The third kappa shape index (κ3) is 2.34. The Balaban J connectivity index is 2.37. The number of hydrogen-bond acceptors (Lipinski definition) is 6. The van der Waals surface area contributed by atoms with Crippen molar-refractivity contribution >= 4 is 17.1 Å². The highest BCUT2D eigenvalue weighted by atomic mass is 16.5. The predicted octanol–water partition coefficient (Wildman–Crippen LogP) is -0.637. The number of rotatable bonds is 5. The lowest BCUT2D eigenvalue weighted by molar-refractivity contribution is 0.0189. The highest BCUT2D eigenvalue weighted by Gasteiger charge is 2.13. The zero-order chi connectivity index (χ0) is 13.1. The van der Waals surface area contributed by atoms with Gasteiger partial charge in [-0.15, -0.1) is 0 Å². The van der Waals surface area contributed by atoms with Gasteiger partial charge >= 0.3 is 0 Å². The molecule has 0 saturated heterocycles. The molecule has 0 saturated carbocycles. The van der Waals surface area contributed by atoms with Gasteiger partial charge in [0.1, 0.15) is 0 Å². The standard InChI is InChI=1S/C10H15N5O3/c1-17-4-6(18-2)3-15-5-12-7-8(15)13-10(11)14-9(7)16/h5-6H,3-4H2,1-2H3,(H3,11,13,14,16)/t6-/m0/s1. The number of nitrogens with one attached hydrogen (secondary N) is 1. The number of H-pyrrole nitrogens is 1. The Labute approximate surface area is 103 Å². The van der Waals surface area contributed by atoms with Crippen molar-refractivity contribution in [1.29, 1.82) is 0 Å². The normalized spacial score (nSPS) is 13.0. The van der Waals surface area contributed by atoms with E-state index in [9.17, 15) is 4.79 Å². The first-order chi connectivity index (χ1) is 8.65. The summed E-state index contributed by atoms with van der Waals surface area (Å²) in [6.07, 6.45) is 1.39. The molecule has 0 aliphatic carbocycles. The molecule has 2 rings (SSSR count). The van der Waals surface area contributed by atoms with Crippen molar-refractivity contribution in [3.05, 3.63) is 16.7 Å². The summed E-state index contributed by atoms with van der Waals surface area (Å²) in [5.41, 5.74) is 5.86. The van der Waals surface area contributed by atoms with Gasteiger partial charge in [-0.2, -0.15) is 4.98 Å². The van der Waals surface area contributed by atoms with Crippen LogP contribution in [0.3, 0.4) is 0 Å².